The van der Waals surface area contributed by atoms with Gasteiger partial charge in [-0.15, -0.1) is 0 Å². The quantitative estimate of drug-likeness (QED) is 0.886. The summed E-state index contributed by atoms with van der Waals surface area (Å²) >= 11 is 2.00. The number of nitrogens with zero attached hydrogens (tertiary/aromatic N) is 1. The lowest BCUT2D eigenvalue weighted by atomic mass is 10.1. The van der Waals surface area contributed by atoms with Crippen molar-refractivity contribution in [2.45, 2.75) is 19.0 Å². The molecule has 102 valence electrons. The molecule has 5 heteroatoms. The van der Waals surface area contributed by atoms with E-state index in [4.69, 9.17) is 0 Å². The molecule has 1 aromatic carbocycles. The number of carbonyl (C=O) groups is 1. The molecule has 2 heterocycles. The average molecular weight is 277 g/mol. The molecule has 2 aliphatic rings. The van der Waals surface area contributed by atoms with Crippen LogP contribution in [0.15, 0.2) is 24.3 Å². The van der Waals surface area contributed by atoms with Crippen molar-refractivity contribution in [1.82, 2.24) is 10.2 Å². The van der Waals surface area contributed by atoms with Gasteiger partial charge in [0, 0.05) is 37.1 Å². The van der Waals surface area contributed by atoms with E-state index < -0.39 is 0 Å². The Morgan fingerprint density at radius 1 is 1.42 bits per heavy atom. The van der Waals surface area contributed by atoms with Crippen molar-refractivity contribution in [3.8, 4) is 0 Å². The molecule has 0 bridgehead atoms. The van der Waals surface area contributed by atoms with Gasteiger partial charge in [-0.05, 0) is 23.8 Å². The molecule has 4 nitrogen and oxygen atoms in total. The second kappa shape index (κ2) is 5.74. The van der Waals surface area contributed by atoms with Crippen LogP contribution in [0.2, 0.25) is 0 Å². The summed E-state index contributed by atoms with van der Waals surface area (Å²) in [6, 6.07) is 8.93. The van der Waals surface area contributed by atoms with E-state index in [1.807, 2.05) is 22.7 Å². The van der Waals surface area contributed by atoms with Crippen molar-refractivity contribution in [2.24, 2.45) is 0 Å². The molecule has 0 aliphatic carbocycles. The first-order chi connectivity index (χ1) is 9.33. The molecule has 0 radical (unpaired) electrons. The van der Waals surface area contributed by atoms with E-state index in [9.17, 15) is 4.79 Å². The minimum atomic E-state index is 0.0474. The van der Waals surface area contributed by atoms with Crippen molar-refractivity contribution in [1.29, 1.82) is 0 Å². The first-order valence-electron chi connectivity index (χ1n) is 6.78. The molecule has 2 fully saturated rings. The van der Waals surface area contributed by atoms with Crippen LogP contribution in [0, 0.1) is 0 Å². The number of benzene rings is 1. The van der Waals surface area contributed by atoms with Gasteiger partial charge in [0.05, 0.1) is 0 Å². The average Bonchev–Trinajstić information content (AvgIpc) is 3.05. The summed E-state index contributed by atoms with van der Waals surface area (Å²) in [5.74, 6) is 2.42. The van der Waals surface area contributed by atoms with Crippen LogP contribution in [-0.4, -0.2) is 41.6 Å². The maximum atomic E-state index is 11.6. The summed E-state index contributed by atoms with van der Waals surface area (Å²) in [6.45, 7) is 2.25. The Morgan fingerprint density at radius 3 is 3.05 bits per heavy atom. The minimum absolute atomic E-state index is 0.0474. The third-order valence-electron chi connectivity index (χ3n) is 3.61. The van der Waals surface area contributed by atoms with Crippen LogP contribution < -0.4 is 10.6 Å². The van der Waals surface area contributed by atoms with Gasteiger partial charge in [0.1, 0.15) is 0 Å². The molecule has 2 amide bonds. The minimum Gasteiger partial charge on any atom is -0.381 e. The Kier molecular flexibility index (Phi) is 3.82. The molecule has 2 saturated heterocycles. The molecule has 2 N–H and O–H groups in total. The number of amides is 2. The van der Waals surface area contributed by atoms with Crippen LogP contribution in [-0.2, 0) is 6.54 Å². The Bertz CT molecular complexity index is 460. The lowest BCUT2D eigenvalue weighted by Gasteiger charge is -2.20. The van der Waals surface area contributed by atoms with Gasteiger partial charge in [-0.3, -0.25) is 0 Å². The smallest absolute Gasteiger partial charge is 0.317 e. The first kappa shape index (κ1) is 12.7. The van der Waals surface area contributed by atoms with E-state index in [0.29, 0.717) is 12.6 Å². The number of hydrogen-bond donors (Lipinski definition) is 2. The number of anilines is 1. The molecule has 19 heavy (non-hydrogen) atoms. The second-order valence-corrected chi connectivity index (χ2v) is 6.17. The van der Waals surface area contributed by atoms with E-state index in [1.165, 1.54) is 29.2 Å². The highest BCUT2D eigenvalue weighted by atomic mass is 32.2. The fourth-order valence-corrected chi connectivity index (χ4v) is 3.69. The predicted octanol–water partition coefficient (Wildman–Crippen LogP) is 2.13. The molecular weight excluding hydrogens is 258 g/mol. The second-order valence-electron chi connectivity index (χ2n) is 5.02. The number of nitrogens with one attached hydrogen (secondary N) is 2. The summed E-state index contributed by atoms with van der Waals surface area (Å²) in [5.41, 5.74) is 2.38. The summed E-state index contributed by atoms with van der Waals surface area (Å²) in [7, 11) is 0. The van der Waals surface area contributed by atoms with E-state index in [-0.39, 0.29) is 6.03 Å². The van der Waals surface area contributed by atoms with Gasteiger partial charge >= 0.3 is 6.03 Å². The van der Waals surface area contributed by atoms with E-state index in [1.54, 1.807) is 0 Å². The Hall–Kier alpha value is -1.36. The van der Waals surface area contributed by atoms with Gasteiger partial charge in [0.2, 0.25) is 0 Å². The van der Waals surface area contributed by atoms with Crippen molar-refractivity contribution < 1.29 is 4.79 Å². The van der Waals surface area contributed by atoms with E-state index >= 15 is 0 Å². The van der Waals surface area contributed by atoms with Crippen molar-refractivity contribution in [3.05, 3.63) is 29.8 Å². The standard InChI is InChI=1S/C14H19N3OS/c18-14-15-6-7-17(14)9-11-3-1-2-4-13(11)16-12-5-8-19-10-12/h1-4,12,16H,5-10H2,(H,15,18)/t12-/m0/s1. The van der Waals surface area contributed by atoms with Crippen molar-refractivity contribution >= 4 is 23.5 Å². The van der Waals surface area contributed by atoms with Gasteiger partial charge in [0.25, 0.3) is 0 Å². The van der Waals surface area contributed by atoms with Crippen LogP contribution in [0.3, 0.4) is 0 Å². The summed E-state index contributed by atoms with van der Waals surface area (Å²) in [5, 5.41) is 6.46. The Labute approximate surface area is 117 Å². The zero-order valence-corrected chi connectivity index (χ0v) is 11.7. The Balaban J connectivity index is 1.71. The van der Waals surface area contributed by atoms with Gasteiger partial charge in [0.15, 0.2) is 0 Å². The van der Waals surface area contributed by atoms with Crippen LogP contribution in [0.1, 0.15) is 12.0 Å². The van der Waals surface area contributed by atoms with Crippen LogP contribution in [0.5, 0.6) is 0 Å². The molecule has 0 saturated carbocycles. The van der Waals surface area contributed by atoms with Crippen LogP contribution in [0.25, 0.3) is 0 Å². The zero-order chi connectivity index (χ0) is 13.1. The van der Waals surface area contributed by atoms with E-state index in [2.05, 4.69) is 28.8 Å². The largest absolute Gasteiger partial charge is 0.381 e. The lowest BCUT2D eigenvalue weighted by Crippen LogP contribution is -2.28. The molecule has 1 atom stereocenters. The number of rotatable bonds is 4. The first-order valence-corrected chi connectivity index (χ1v) is 7.93. The van der Waals surface area contributed by atoms with Crippen LogP contribution >= 0.6 is 11.8 Å². The van der Waals surface area contributed by atoms with Gasteiger partial charge in [-0.2, -0.15) is 11.8 Å². The number of hydrogen-bond acceptors (Lipinski definition) is 3. The third-order valence-corrected chi connectivity index (χ3v) is 4.78. The van der Waals surface area contributed by atoms with E-state index in [0.717, 1.165) is 13.1 Å². The summed E-state index contributed by atoms with van der Waals surface area (Å²) in [6.07, 6.45) is 1.23. The highest BCUT2D eigenvalue weighted by molar-refractivity contribution is 7.99. The Morgan fingerprint density at radius 2 is 2.32 bits per heavy atom. The number of urea groups is 1. The lowest BCUT2D eigenvalue weighted by molar-refractivity contribution is 0.215. The van der Waals surface area contributed by atoms with Crippen LogP contribution in [0.4, 0.5) is 10.5 Å². The van der Waals surface area contributed by atoms with Crippen molar-refractivity contribution in [3.63, 3.8) is 0 Å². The highest BCUT2D eigenvalue weighted by Crippen LogP contribution is 2.24. The third kappa shape index (κ3) is 2.97. The molecular formula is C14H19N3OS. The zero-order valence-electron chi connectivity index (χ0n) is 10.9. The predicted molar refractivity (Wildman–Crippen MR) is 79.6 cm³/mol. The molecule has 2 aliphatic heterocycles. The monoisotopic (exact) mass is 277 g/mol. The number of thioether (sulfide) groups is 1. The van der Waals surface area contributed by atoms with Gasteiger partial charge in [-0.1, -0.05) is 18.2 Å². The SMILES string of the molecule is O=C1NCCN1Cc1ccccc1N[C@H]1CCSC1. The normalized spacial score (nSPS) is 22.6. The molecule has 0 unspecified atom stereocenters. The topological polar surface area (TPSA) is 44.4 Å². The molecule has 1 aromatic rings. The fraction of sp³-hybridized carbons (Fsp3) is 0.500. The highest BCUT2D eigenvalue weighted by Gasteiger charge is 2.21. The molecule has 0 aromatic heterocycles. The van der Waals surface area contributed by atoms with Gasteiger partial charge in [-0.25, -0.2) is 4.79 Å². The fourth-order valence-electron chi connectivity index (χ4n) is 2.53. The molecule has 0 spiro atoms. The maximum absolute atomic E-state index is 11.6. The molecule has 3 rings (SSSR count). The number of para-hydroxylation sites is 1. The summed E-state index contributed by atoms with van der Waals surface area (Å²) in [4.78, 5) is 13.5. The van der Waals surface area contributed by atoms with Gasteiger partial charge < -0.3 is 15.5 Å². The van der Waals surface area contributed by atoms with Crippen molar-refractivity contribution in [2.75, 3.05) is 29.9 Å². The summed E-state index contributed by atoms with van der Waals surface area (Å²) < 4.78 is 0. The number of carbonyl (C=O) groups excluding carboxylic acids is 1. The maximum Gasteiger partial charge on any atom is 0.317 e.